The number of carbonyl (C=O) groups is 2. The van der Waals surface area contributed by atoms with Crippen molar-refractivity contribution in [2.24, 2.45) is 17.8 Å². The van der Waals surface area contributed by atoms with Gasteiger partial charge in [-0.25, -0.2) is 0 Å². The minimum absolute atomic E-state index is 0.0580. The fourth-order valence-electron chi connectivity index (χ4n) is 9.13. The van der Waals surface area contributed by atoms with Crippen LogP contribution in [0.4, 0.5) is 0 Å². The summed E-state index contributed by atoms with van der Waals surface area (Å²) < 4.78 is 14.2. The lowest BCUT2D eigenvalue weighted by Gasteiger charge is -2.44. The highest BCUT2D eigenvalue weighted by Crippen LogP contribution is 2.51. The maximum absolute atomic E-state index is 14.0. The van der Waals surface area contributed by atoms with Crippen LogP contribution < -0.4 is 10.4 Å². The van der Waals surface area contributed by atoms with Gasteiger partial charge >= 0.3 is 0 Å². The van der Waals surface area contributed by atoms with E-state index in [-0.39, 0.29) is 34.6 Å². The van der Waals surface area contributed by atoms with Crippen LogP contribution in [0, 0.1) is 17.8 Å². The first kappa shape index (κ1) is 38.0. The molecule has 280 valence electrons. The fraction of sp³-hybridized carbons (Fsp3) is 0.348. The number of halogens is 1. The second-order valence-electron chi connectivity index (χ2n) is 15.9. The highest BCUT2D eigenvalue weighted by Gasteiger charge is 2.57. The number of hydrogen-bond donors (Lipinski definition) is 1. The van der Waals surface area contributed by atoms with Crippen molar-refractivity contribution in [2.75, 3.05) is 19.8 Å². The zero-order valence-corrected chi connectivity index (χ0v) is 33.4. The number of amides is 2. The maximum Gasteiger partial charge on any atom is 0.261 e. The third-order valence-electron chi connectivity index (χ3n) is 11.6. The number of benzene rings is 4. The number of carbonyl (C=O) groups excluding carboxylic acids is 2. The van der Waals surface area contributed by atoms with E-state index in [1.165, 1.54) is 15.3 Å². The van der Waals surface area contributed by atoms with Crippen LogP contribution >= 0.6 is 11.6 Å². The van der Waals surface area contributed by atoms with E-state index >= 15 is 0 Å². The number of rotatable bonds is 12. The second kappa shape index (κ2) is 15.8. The van der Waals surface area contributed by atoms with Crippen molar-refractivity contribution in [1.82, 2.24) is 4.90 Å². The summed E-state index contributed by atoms with van der Waals surface area (Å²) in [7, 11) is -2.90. The van der Waals surface area contributed by atoms with E-state index in [1.54, 1.807) is 12.1 Å². The highest BCUT2D eigenvalue weighted by atomic mass is 35.5. The van der Waals surface area contributed by atoms with Crippen LogP contribution in [0.2, 0.25) is 10.1 Å². The van der Waals surface area contributed by atoms with Gasteiger partial charge in [-0.05, 0) is 93.2 Å². The maximum atomic E-state index is 14.0. The lowest BCUT2D eigenvalue weighted by molar-refractivity contribution is -0.140. The van der Waals surface area contributed by atoms with Crippen molar-refractivity contribution in [3.05, 3.63) is 136 Å². The molecule has 4 aromatic carbocycles. The molecule has 4 atom stereocenters. The van der Waals surface area contributed by atoms with Gasteiger partial charge in [0.15, 0.2) is 0 Å². The first-order chi connectivity index (χ1) is 26.0. The molecule has 2 amide bonds. The number of imide groups is 1. The van der Waals surface area contributed by atoms with Gasteiger partial charge in [-0.2, -0.15) is 0 Å². The number of ether oxygens (including phenoxy) is 1. The molecule has 1 N–H and O–H groups in total. The predicted molar refractivity (Wildman–Crippen MR) is 219 cm³/mol. The number of hydrogen-bond acceptors (Lipinski definition) is 5. The Kier molecular flexibility index (Phi) is 11.1. The molecule has 4 aromatic rings. The molecular weight excluding hydrogens is 710 g/mol. The Bertz CT molecular complexity index is 2000. The van der Waals surface area contributed by atoms with Crippen molar-refractivity contribution >= 4 is 53.8 Å². The Labute approximate surface area is 325 Å². The van der Waals surface area contributed by atoms with E-state index < -0.39 is 20.2 Å². The van der Waals surface area contributed by atoms with Crippen LogP contribution in [0.15, 0.2) is 120 Å². The van der Waals surface area contributed by atoms with Gasteiger partial charge in [0.25, 0.3) is 8.32 Å². The van der Waals surface area contributed by atoms with Crippen LogP contribution in [-0.2, 0) is 18.8 Å². The number of fused-ring (bicyclic) bond motifs is 3. The van der Waals surface area contributed by atoms with E-state index in [0.717, 1.165) is 34.3 Å². The summed E-state index contributed by atoms with van der Waals surface area (Å²) in [5.41, 5.74) is 5.24. The molecule has 2 saturated heterocycles. The summed E-state index contributed by atoms with van der Waals surface area (Å²) >= 11 is 6.59. The van der Waals surface area contributed by atoms with Crippen molar-refractivity contribution in [3.63, 3.8) is 0 Å². The van der Waals surface area contributed by atoms with Crippen molar-refractivity contribution in [3.8, 4) is 5.75 Å². The van der Waals surface area contributed by atoms with Gasteiger partial charge in [-0.1, -0.05) is 130 Å². The molecule has 8 heteroatoms. The molecule has 2 aliphatic heterocycles. The number of likely N-dealkylation sites (tertiary alicyclic amines) is 1. The Balaban J connectivity index is 1.28. The van der Waals surface area contributed by atoms with E-state index in [9.17, 15) is 14.7 Å². The number of aromatic hydroxyl groups is 1. The fourth-order valence-corrected chi connectivity index (χ4v) is 13.9. The molecule has 6 nitrogen and oxygen atoms in total. The summed E-state index contributed by atoms with van der Waals surface area (Å²) in [5.74, 6) is -0.998. The summed E-state index contributed by atoms with van der Waals surface area (Å²) in [6, 6.07) is 36.5. The Morgan fingerprint density at radius 1 is 0.907 bits per heavy atom. The SMILES string of the molecule is CCCN1C(=O)[C@@H]2[C@@H](CC(CO[Si](c3ccccc3)(c3ccccc3)C(C)(C)C)=C3[C@@H](CC/C(=C/c4ccc(O)cc4Cl)c4ccccc4)OC[C@@H]32)C1=O. The first-order valence-corrected chi connectivity index (χ1v) is 21.5. The number of phenolic OH excluding ortho intramolecular Hbond substituents is 1. The number of nitrogens with zero attached hydrogens (tertiary/aromatic N) is 1. The molecule has 0 radical (unpaired) electrons. The second-order valence-corrected chi connectivity index (χ2v) is 20.6. The van der Waals surface area contributed by atoms with E-state index in [2.05, 4.69) is 87.5 Å². The highest BCUT2D eigenvalue weighted by molar-refractivity contribution is 6.99. The van der Waals surface area contributed by atoms with Crippen molar-refractivity contribution in [2.45, 2.75) is 64.5 Å². The molecule has 0 bridgehead atoms. The smallest absolute Gasteiger partial charge is 0.261 e. The Hall–Kier alpha value is -4.27. The van der Waals surface area contributed by atoms with Crippen LogP contribution in [0.5, 0.6) is 5.75 Å². The normalized spacial score (nSPS) is 21.8. The first-order valence-electron chi connectivity index (χ1n) is 19.2. The molecule has 0 saturated carbocycles. The summed E-state index contributed by atoms with van der Waals surface area (Å²) in [4.78, 5) is 29.4. The van der Waals surface area contributed by atoms with Crippen molar-refractivity contribution in [1.29, 1.82) is 0 Å². The molecule has 54 heavy (non-hydrogen) atoms. The van der Waals surface area contributed by atoms with Crippen LogP contribution in [0.3, 0.4) is 0 Å². The van der Waals surface area contributed by atoms with Gasteiger partial charge in [0.2, 0.25) is 11.8 Å². The molecule has 0 unspecified atom stereocenters. The lowest BCUT2D eigenvalue weighted by Crippen LogP contribution is -2.66. The molecule has 0 aromatic heterocycles. The van der Waals surface area contributed by atoms with Gasteiger partial charge in [0, 0.05) is 12.5 Å². The largest absolute Gasteiger partial charge is 0.508 e. The number of phenols is 1. The van der Waals surface area contributed by atoms with Crippen molar-refractivity contribution < 1.29 is 23.9 Å². The zero-order chi connectivity index (χ0) is 38.0. The average molecular weight is 760 g/mol. The third kappa shape index (κ3) is 7.15. The minimum Gasteiger partial charge on any atom is -0.508 e. The standard InChI is InChI=1S/C46H50ClNO5Si/c1-5-25-48-44(50)38-27-34(29-53-54(46(2,3)4,36-17-11-7-12-18-36)37-19-13-8-14-20-37)42-39(43(38)45(48)51)30-52-41(42)24-22-32(31-15-9-6-10-16-31)26-33-21-23-35(49)28-40(33)47/h6-21,23,26,28,38-39,41,43,49H,5,22,24-25,27,29-30H2,1-4H3/b32-26-/t38-,39+,41-,43-/m1/s1. The quantitative estimate of drug-likeness (QED) is 0.0678. The molecule has 3 aliphatic rings. The molecule has 7 rings (SSSR count). The predicted octanol–water partition coefficient (Wildman–Crippen LogP) is 8.67. The van der Waals surface area contributed by atoms with Crippen LogP contribution in [-0.4, -0.2) is 56.0 Å². The molecule has 0 spiro atoms. The van der Waals surface area contributed by atoms with Crippen LogP contribution in [0.1, 0.15) is 64.5 Å². The zero-order valence-electron chi connectivity index (χ0n) is 31.6. The molecule has 2 heterocycles. The lowest BCUT2D eigenvalue weighted by atomic mass is 9.69. The summed E-state index contributed by atoms with van der Waals surface area (Å²) in [6.07, 6.45) is 4.44. The van der Waals surface area contributed by atoms with Gasteiger partial charge in [0.05, 0.1) is 36.2 Å². The van der Waals surface area contributed by atoms with Gasteiger partial charge in [-0.3, -0.25) is 14.5 Å². The monoisotopic (exact) mass is 759 g/mol. The van der Waals surface area contributed by atoms with Crippen LogP contribution in [0.25, 0.3) is 11.6 Å². The van der Waals surface area contributed by atoms with Gasteiger partial charge < -0.3 is 14.3 Å². The third-order valence-corrected chi connectivity index (χ3v) is 16.9. The summed E-state index contributed by atoms with van der Waals surface area (Å²) in [5, 5.41) is 12.7. The molecule has 1 aliphatic carbocycles. The van der Waals surface area contributed by atoms with E-state index in [4.69, 9.17) is 20.8 Å². The molecular formula is C46H50ClNO5Si. The number of allylic oxidation sites excluding steroid dienone is 1. The minimum atomic E-state index is -2.90. The van der Waals surface area contributed by atoms with Gasteiger partial charge in [0.1, 0.15) is 5.75 Å². The van der Waals surface area contributed by atoms with E-state index in [1.807, 2.05) is 43.3 Å². The summed E-state index contributed by atoms with van der Waals surface area (Å²) in [6.45, 7) is 10.0. The van der Waals surface area contributed by atoms with Gasteiger partial charge in [-0.15, -0.1) is 0 Å². The average Bonchev–Trinajstić information content (AvgIpc) is 3.70. The topological polar surface area (TPSA) is 76.1 Å². The Morgan fingerprint density at radius 3 is 2.13 bits per heavy atom. The Morgan fingerprint density at radius 2 is 1.54 bits per heavy atom. The molecule has 2 fully saturated rings. The van der Waals surface area contributed by atoms with E-state index in [0.29, 0.717) is 44.0 Å².